The van der Waals surface area contributed by atoms with Crippen LogP contribution in [0.25, 0.3) is 0 Å². The molecule has 98 valence electrons. The highest BCUT2D eigenvalue weighted by molar-refractivity contribution is 6.30. The van der Waals surface area contributed by atoms with Gasteiger partial charge in [-0.25, -0.2) is 0 Å². The summed E-state index contributed by atoms with van der Waals surface area (Å²) < 4.78 is 0. The Bertz CT molecular complexity index is 567. The van der Waals surface area contributed by atoms with E-state index in [0.29, 0.717) is 18.0 Å². The van der Waals surface area contributed by atoms with Gasteiger partial charge in [0.05, 0.1) is 6.42 Å². The summed E-state index contributed by atoms with van der Waals surface area (Å²) in [5.41, 5.74) is 8.33. The van der Waals surface area contributed by atoms with E-state index < -0.39 is 0 Å². The van der Waals surface area contributed by atoms with Crippen LogP contribution in [0.5, 0.6) is 0 Å². The Morgan fingerprint density at radius 3 is 2.32 bits per heavy atom. The summed E-state index contributed by atoms with van der Waals surface area (Å²) in [6.45, 7) is 0.435. The van der Waals surface area contributed by atoms with Crippen LogP contribution < -0.4 is 11.1 Å². The normalized spacial score (nSPS) is 10.2. The van der Waals surface area contributed by atoms with Gasteiger partial charge in [0.1, 0.15) is 0 Å². The molecule has 0 spiro atoms. The Balaban J connectivity index is 2.03. The zero-order valence-electron chi connectivity index (χ0n) is 10.4. The van der Waals surface area contributed by atoms with Gasteiger partial charge >= 0.3 is 0 Å². The van der Waals surface area contributed by atoms with Crippen LogP contribution >= 0.6 is 11.6 Å². The standard InChI is InChI=1S/C15H15ClN2O/c16-13-5-7-14(8-6-13)18-15(19)9-11-3-1-2-4-12(11)10-17/h1-8H,9-10,17H2,(H,18,19). The van der Waals surface area contributed by atoms with Gasteiger partial charge < -0.3 is 11.1 Å². The van der Waals surface area contributed by atoms with E-state index in [0.717, 1.165) is 16.8 Å². The van der Waals surface area contributed by atoms with E-state index in [1.807, 2.05) is 24.3 Å². The van der Waals surface area contributed by atoms with Crippen LogP contribution in [-0.2, 0) is 17.8 Å². The molecule has 0 aliphatic carbocycles. The number of anilines is 1. The lowest BCUT2D eigenvalue weighted by Crippen LogP contribution is -2.16. The maximum absolute atomic E-state index is 12.0. The quantitative estimate of drug-likeness (QED) is 0.901. The second-order valence-corrected chi connectivity index (χ2v) is 4.64. The van der Waals surface area contributed by atoms with E-state index >= 15 is 0 Å². The monoisotopic (exact) mass is 274 g/mol. The third-order valence-electron chi connectivity index (χ3n) is 2.82. The minimum atomic E-state index is -0.0665. The van der Waals surface area contributed by atoms with Crippen LogP contribution in [0.4, 0.5) is 5.69 Å². The molecule has 1 amide bonds. The molecule has 3 nitrogen and oxygen atoms in total. The Morgan fingerprint density at radius 1 is 1.05 bits per heavy atom. The van der Waals surface area contributed by atoms with Gasteiger partial charge in [0.2, 0.25) is 5.91 Å². The molecular weight excluding hydrogens is 260 g/mol. The van der Waals surface area contributed by atoms with E-state index in [9.17, 15) is 4.79 Å². The number of benzene rings is 2. The Morgan fingerprint density at radius 2 is 1.68 bits per heavy atom. The third-order valence-corrected chi connectivity index (χ3v) is 3.07. The van der Waals surface area contributed by atoms with Crippen molar-refractivity contribution < 1.29 is 4.79 Å². The second kappa shape index (κ2) is 6.36. The average molecular weight is 275 g/mol. The maximum atomic E-state index is 12.0. The van der Waals surface area contributed by atoms with Gasteiger partial charge in [0.15, 0.2) is 0 Å². The summed E-state index contributed by atoms with van der Waals surface area (Å²) in [7, 11) is 0. The first-order valence-electron chi connectivity index (χ1n) is 6.01. The second-order valence-electron chi connectivity index (χ2n) is 4.20. The van der Waals surface area contributed by atoms with Crippen LogP contribution in [0.15, 0.2) is 48.5 Å². The molecule has 0 heterocycles. The molecule has 19 heavy (non-hydrogen) atoms. The molecule has 2 aromatic rings. The Labute approximate surface area is 117 Å². The number of hydrogen-bond donors (Lipinski definition) is 2. The van der Waals surface area contributed by atoms with E-state index in [1.165, 1.54) is 0 Å². The van der Waals surface area contributed by atoms with Gasteiger partial charge in [-0.05, 0) is 35.4 Å². The zero-order valence-corrected chi connectivity index (χ0v) is 11.2. The highest BCUT2D eigenvalue weighted by atomic mass is 35.5. The fourth-order valence-electron chi connectivity index (χ4n) is 1.84. The lowest BCUT2D eigenvalue weighted by molar-refractivity contribution is -0.115. The lowest BCUT2D eigenvalue weighted by atomic mass is 10.0. The predicted molar refractivity (Wildman–Crippen MR) is 78.1 cm³/mol. The van der Waals surface area contributed by atoms with E-state index in [4.69, 9.17) is 17.3 Å². The van der Waals surface area contributed by atoms with Crippen molar-refractivity contribution >= 4 is 23.2 Å². The minimum absolute atomic E-state index is 0.0665. The molecule has 0 aromatic heterocycles. The minimum Gasteiger partial charge on any atom is -0.326 e. The summed E-state index contributed by atoms with van der Waals surface area (Å²) >= 11 is 5.79. The topological polar surface area (TPSA) is 55.1 Å². The van der Waals surface area contributed by atoms with Crippen molar-refractivity contribution in [2.24, 2.45) is 5.73 Å². The molecule has 0 aliphatic heterocycles. The Kier molecular flexibility index (Phi) is 4.55. The number of amides is 1. The fourth-order valence-corrected chi connectivity index (χ4v) is 1.97. The lowest BCUT2D eigenvalue weighted by Gasteiger charge is -2.08. The predicted octanol–water partition coefficient (Wildman–Crippen LogP) is 2.98. The molecule has 3 N–H and O–H groups in total. The summed E-state index contributed by atoms with van der Waals surface area (Å²) in [5.74, 6) is -0.0665. The third kappa shape index (κ3) is 3.81. The summed E-state index contributed by atoms with van der Waals surface area (Å²) in [6, 6.07) is 14.7. The van der Waals surface area contributed by atoms with Crippen LogP contribution in [0.1, 0.15) is 11.1 Å². The van der Waals surface area contributed by atoms with Gasteiger partial charge in [0.25, 0.3) is 0 Å². The van der Waals surface area contributed by atoms with Crippen molar-refractivity contribution in [3.8, 4) is 0 Å². The average Bonchev–Trinajstić information content (AvgIpc) is 2.42. The number of carbonyl (C=O) groups excluding carboxylic acids is 1. The first kappa shape index (κ1) is 13.6. The van der Waals surface area contributed by atoms with Crippen molar-refractivity contribution in [1.29, 1.82) is 0 Å². The molecule has 0 radical (unpaired) electrons. The summed E-state index contributed by atoms with van der Waals surface area (Å²) in [5, 5.41) is 3.48. The fraction of sp³-hybridized carbons (Fsp3) is 0.133. The first-order valence-corrected chi connectivity index (χ1v) is 6.39. The molecule has 0 fully saturated rings. The molecule has 2 rings (SSSR count). The zero-order chi connectivity index (χ0) is 13.7. The van der Waals surface area contributed by atoms with Crippen LogP contribution in [-0.4, -0.2) is 5.91 Å². The van der Waals surface area contributed by atoms with Gasteiger partial charge in [-0.15, -0.1) is 0 Å². The van der Waals surface area contributed by atoms with Gasteiger partial charge in [-0.2, -0.15) is 0 Å². The van der Waals surface area contributed by atoms with Crippen molar-refractivity contribution in [1.82, 2.24) is 0 Å². The first-order chi connectivity index (χ1) is 9.19. The van der Waals surface area contributed by atoms with Crippen molar-refractivity contribution in [2.75, 3.05) is 5.32 Å². The highest BCUT2D eigenvalue weighted by Gasteiger charge is 2.07. The maximum Gasteiger partial charge on any atom is 0.228 e. The molecule has 0 saturated carbocycles. The number of rotatable bonds is 4. The largest absolute Gasteiger partial charge is 0.326 e. The molecule has 2 aromatic carbocycles. The van der Waals surface area contributed by atoms with Crippen molar-refractivity contribution in [3.05, 3.63) is 64.7 Å². The molecule has 0 unspecified atom stereocenters. The summed E-state index contributed by atoms with van der Waals surface area (Å²) in [6.07, 6.45) is 0.315. The smallest absolute Gasteiger partial charge is 0.228 e. The Hall–Kier alpha value is -1.84. The highest BCUT2D eigenvalue weighted by Crippen LogP contribution is 2.14. The molecule has 0 bridgehead atoms. The number of halogens is 1. The van der Waals surface area contributed by atoms with Gasteiger partial charge in [-0.1, -0.05) is 35.9 Å². The van der Waals surface area contributed by atoms with Gasteiger partial charge in [-0.3, -0.25) is 4.79 Å². The molecule has 0 aliphatic rings. The molecule has 0 atom stereocenters. The van der Waals surface area contributed by atoms with E-state index in [2.05, 4.69) is 5.32 Å². The van der Waals surface area contributed by atoms with Crippen LogP contribution in [0.2, 0.25) is 5.02 Å². The van der Waals surface area contributed by atoms with Crippen LogP contribution in [0.3, 0.4) is 0 Å². The van der Waals surface area contributed by atoms with E-state index in [-0.39, 0.29) is 5.91 Å². The van der Waals surface area contributed by atoms with E-state index in [1.54, 1.807) is 24.3 Å². The summed E-state index contributed by atoms with van der Waals surface area (Å²) in [4.78, 5) is 12.0. The molecule has 0 saturated heterocycles. The number of carbonyl (C=O) groups is 1. The molecule has 4 heteroatoms. The SMILES string of the molecule is NCc1ccccc1CC(=O)Nc1ccc(Cl)cc1. The number of nitrogens with one attached hydrogen (secondary N) is 1. The van der Waals surface area contributed by atoms with Crippen molar-refractivity contribution in [2.45, 2.75) is 13.0 Å². The number of hydrogen-bond acceptors (Lipinski definition) is 2. The number of nitrogens with two attached hydrogens (primary N) is 1. The molecular formula is C15H15ClN2O. The van der Waals surface area contributed by atoms with Crippen LogP contribution in [0, 0.1) is 0 Å². The van der Waals surface area contributed by atoms with Gasteiger partial charge in [0, 0.05) is 17.3 Å². The van der Waals surface area contributed by atoms with Crippen molar-refractivity contribution in [3.63, 3.8) is 0 Å².